The highest BCUT2D eigenvalue weighted by Crippen LogP contribution is 2.30. The SMILES string of the molecule is CNc1ccnc(N2CCC(Oc3ccc(F)cc3)(C(=O)O)CC2)n1. The normalized spacial score (nSPS) is 16.3. The number of halogens is 1. The van der Waals surface area contributed by atoms with E-state index in [4.69, 9.17) is 4.74 Å². The molecule has 3 rings (SSSR count). The molecule has 2 N–H and O–H groups in total. The van der Waals surface area contributed by atoms with Gasteiger partial charge in [0.15, 0.2) is 0 Å². The van der Waals surface area contributed by atoms with E-state index < -0.39 is 17.4 Å². The first-order valence-electron chi connectivity index (χ1n) is 7.96. The highest BCUT2D eigenvalue weighted by atomic mass is 19.1. The van der Waals surface area contributed by atoms with Crippen molar-refractivity contribution >= 4 is 17.7 Å². The summed E-state index contributed by atoms with van der Waals surface area (Å²) in [7, 11) is 1.77. The summed E-state index contributed by atoms with van der Waals surface area (Å²) < 4.78 is 18.8. The number of carboxylic acid groups (broad SMARTS) is 1. The second-order valence-electron chi connectivity index (χ2n) is 5.83. The topological polar surface area (TPSA) is 87.6 Å². The van der Waals surface area contributed by atoms with Gasteiger partial charge >= 0.3 is 5.97 Å². The molecule has 0 unspecified atom stereocenters. The number of nitrogens with zero attached hydrogens (tertiary/aromatic N) is 3. The molecule has 0 radical (unpaired) electrons. The number of hydrogen-bond donors (Lipinski definition) is 2. The predicted octanol–water partition coefficient (Wildman–Crippen LogP) is 2.16. The number of aliphatic carboxylic acids is 1. The minimum Gasteiger partial charge on any atom is -0.478 e. The smallest absolute Gasteiger partial charge is 0.348 e. The van der Waals surface area contributed by atoms with E-state index in [1.54, 1.807) is 19.3 Å². The summed E-state index contributed by atoms with van der Waals surface area (Å²) in [5.74, 6) is 0.162. The molecule has 7 nitrogen and oxygen atoms in total. The van der Waals surface area contributed by atoms with E-state index in [-0.39, 0.29) is 12.8 Å². The fourth-order valence-electron chi connectivity index (χ4n) is 2.80. The van der Waals surface area contributed by atoms with Crippen molar-refractivity contribution in [2.24, 2.45) is 0 Å². The van der Waals surface area contributed by atoms with Crippen LogP contribution in [0.2, 0.25) is 0 Å². The average Bonchev–Trinajstić information content (AvgIpc) is 2.64. The number of anilines is 2. The summed E-state index contributed by atoms with van der Waals surface area (Å²) >= 11 is 0. The van der Waals surface area contributed by atoms with Gasteiger partial charge in [0.05, 0.1) is 0 Å². The lowest BCUT2D eigenvalue weighted by Gasteiger charge is -2.38. The molecule has 1 aromatic carbocycles. The van der Waals surface area contributed by atoms with Gasteiger partial charge in [0.1, 0.15) is 17.4 Å². The second-order valence-corrected chi connectivity index (χ2v) is 5.83. The first-order valence-corrected chi connectivity index (χ1v) is 7.96. The summed E-state index contributed by atoms with van der Waals surface area (Å²) in [5, 5.41) is 12.6. The molecule has 132 valence electrons. The van der Waals surface area contributed by atoms with Crippen molar-refractivity contribution in [1.29, 1.82) is 0 Å². The number of piperidine rings is 1. The highest BCUT2D eigenvalue weighted by molar-refractivity contribution is 5.78. The number of hydrogen-bond acceptors (Lipinski definition) is 6. The highest BCUT2D eigenvalue weighted by Gasteiger charge is 2.44. The Morgan fingerprint density at radius 3 is 2.56 bits per heavy atom. The van der Waals surface area contributed by atoms with Crippen LogP contribution in [0.15, 0.2) is 36.5 Å². The fourth-order valence-corrected chi connectivity index (χ4v) is 2.80. The van der Waals surface area contributed by atoms with Gasteiger partial charge in [0.25, 0.3) is 0 Å². The van der Waals surface area contributed by atoms with Crippen molar-refractivity contribution in [2.45, 2.75) is 18.4 Å². The Balaban J connectivity index is 1.74. The first-order chi connectivity index (χ1) is 12.0. The van der Waals surface area contributed by atoms with E-state index in [0.29, 0.717) is 30.6 Å². The van der Waals surface area contributed by atoms with E-state index in [9.17, 15) is 14.3 Å². The Labute approximate surface area is 144 Å². The largest absolute Gasteiger partial charge is 0.478 e. The zero-order chi connectivity index (χ0) is 17.9. The lowest BCUT2D eigenvalue weighted by atomic mass is 9.91. The third-order valence-electron chi connectivity index (χ3n) is 4.27. The Morgan fingerprint density at radius 1 is 1.28 bits per heavy atom. The molecule has 8 heteroatoms. The molecule has 0 atom stereocenters. The van der Waals surface area contributed by atoms with E-state index in [2.05, 4.69) is 15.3 Å². The molecule has 2 heterocycles. The third kappa shape index (κ3) is 3.62. The summed E-state index contributed by atoms with van der Waals surface area (Å²) in [4.78, 5) is 22.4. The maximum absolute atomic E-state index is 13.0. The third-order valence-corrected chi connectivity index (χ3v) is 4.27. The van der Waals surface area contributed by atoms with Gasteiger partial charge in [-0.25, -0.2) is 14.2 Å². The Bertz CT molecular complexity index is 746. The molecular formula is C17H19FN4O3. The van der Waals surface area contributed by atoms with Crippen LogP contribution >= 0.6 is 0 Å². The Hall–Kier alpha value is -2.90. The summed E-state index contributed by atoms with van der Waals surface area (Å²) in [6.45, 7) is 0.890. The van der Waals surface area contributed by atoms with Crippen molar-refractivity contribution in [2.75, 3.05) is 30.4 Å². The minimum absolute atomic E-state index is 0.271. The van der Waals surface area contributed by atoms with Gasteiger partial charge < -0.3 is 20.1 Å². The van der Waals surface area contributed by atoms with Crippen LogP contribution in [0.1, 0.15) is 12.8 Å². The van der Waals surface area contributed by atoms with Crippen LogP contribution in [0.4, 0.5) is 16.2 Å². The van der Waals surface area contributed by atoms with Crippen molar-refractivity contribution in [3.8, 4) is 5.75 Å². The second kappa shape index (κ2) is 6.92. The maximum atomic E-state index is 13.0. The minimum atomic E-state index is -1.34. The molecule has 25 heavy (non-hydrogen) atoms. The molecule has 1 fully saturated rings. The zero-order valence-electron chi connectivity index (χ0n) is 13.8. The van der Waals surface area contributed by atoms with Crippen LogP contribution in [0.25, 0.3) is 0 Å². The Kier molecular flexibility index (Phi) is 4.69. The van der Waals surface area contributed by atoms with Crippen LogP contribution < -0.4 is 15.0 Å². The molecule has 1 saturated heterocycles. The predicted molar refractivity (Wildman–Crippen MR) is 90.4 cm³/mol. The van der Waals surface area contributed by atoms with Gasteiger partial charge in [-0.1, -0.05) is 0 Å². The van der Waals surface area contributed by atoms with Crippen LogP contribution in [-0.2, 0) is 4.79 Å². The molecular weight excluding hydrogens is 327 g/mol. The molecule has 0 aliphatic carbocycles. The van der Waals surface area contributed by atoms with Crippen molar-refractivity contribution in [3.63, 3.8) is 0 Å². The average molecular weight is 346 g/mol. The van der Waals surface area contributed by atoms with Crippen LogP contribution in [0.3, 0.4) is 0 Å². The molecule has 1 aliphatic heterocycles. The van der Waals surface area contributed by atoms with Gasteiger partial charge in [-0.05, 0) is 30.3 Å². The van der Waals surface area contributed by atoms with Crippen LogP contribution in [-0.4, -0.2) is 46.8 Å². The van der Waals surface area contributed by atoms with Crippen LogP contribution in [0, 0.1) is 5.82 Å². The quantitative estimate of drug-likeness (QED) is 0.858. The zero-order valence-corrected chi connectivity index (χ0v) is 13.8. The number of benzene rings is 1. The van der Waals surface area contributed by atoms with E-state index in [1.165, 1.54) is 24.3 Å². The molecule has 2 aromatic rings. The summed E-state index contributed by atoms with van der Waals surface area (Å²) in [6, 6.07) is 7.12. The fraction of sp³-hybridized carbons (Fsp3) is 0.353. The number of carbonyl (C=O) groups is 1. The lowest BCUT2D eigenvalue weighted by molar-refractivity contribution is -0.157. The molecule has 0 spiro atoms. The van der Waals surface area contributed by atoms with Gasteiger partial charge in [-0.2, -0.15) is 4.98 Å². The molecule has 1 aliphatic rings. The number of carboxylic acids is 1. The van der Waals surface area contributed by atoms with Crippen molar-refractivity contribution in [1.82, 2.24) is 9.97 Å². The van der Waals surface area contributed by atoms with Crippen LogP contribution in [0.5, 0.6) is 5.75 Å². The monoisotopic (exact) mass is 346 g/mol. The Morgan fingerprint density at radius 2 is 1.96 bits per heavy atom. The number of rotatable bonds is 5. The van der Waals surface area contributed by atoms with Gasteiger partial charge in [0.2, 0.25) is 11.5 Å². The van der Waals surface area contributed by atoms with E-state index in [0.717, 1.165) is 0 Å². The standard InChI is InChI=1S/C17H19FN4O3/c1-19-14-6-9-20-16(21-14)22-10-7-17(8-11-22,15(23)24)25-13-4-2-12(18)3-5-13/h2-6,9H,7-8,10-11H2,1H3,(H,23,24)(H,19,20,21). The van der Waals surface area contributed by atoms with Crippen molar-refractivity contribution < 1.29 is 19.0 Å². The van der Waals surface area contributed by atoms with Gasteiger partial charge in [0, 0.05) is 39.2 Å². The molecule has 1 aromatic heterocycles. The lowest BCUT2D eigenvalue weighted by Crippen LogP contribution is -2.53. The van der Waals surface area contributed by atoms with E-state index >= 15 is 0 Å². The maximum Gasteiger partial charge on any atom is 0.348 e. The van der Waals surface area contributed by atoms with Gasteiger partial charge in [-0.15, -0.1) is 0 Å². The number of aromatic nitrogens is 2. The summed E-state index contributed by atoms with van der Waals surface area (Å²) in [5.41, 5.74) is -1.34. The molecule has 0 bridgehead atoms. The summed E-state index contributed by atoms with van der Waals surface area (Å²) in [6.07, 6.45) is 2.20. The van der Waals surface area contributed by atoms with Gasteiger partial charge in [-0.3, -0.25) is 0 Å². The van der Waals surface area contributed by atoms with E-state index in [1.807, 2.05) is 4.90 Å². The molecule has 0 saturated carbocycles. The first kappa shape index (κ1) is 16.9. The van der Waals surface area contributed by atoms with Crippen molar-refractivity contribution in [3.05, 3.63) is 42.3 Å². The number of nitrogens with one attached hydrogen (secondary N) is 1. The number of ether oxygens (including phenoxy) is 1. The molecule has 0 amide bonds.